The van der Waals surface area contributed by atoms with Gasteiger partial charge in [0.15, 0.2) is 0 Å². The monoisotopic (exact) mass is 415 g/mol. The molecular formula is C22H25NO7. The Morgan fingerprint density at radius 3 is 1.87 bits per heavy atom. The molecule has 0 unspecified atom stereocenters. The summed E-state index contributed by atoms with van der Waals surface area (Å²) in [5.41, 5.74) is 0.569. The van der Waals surface area contributed by atoms with Crippen LogP contribution in [-0.4, -0.2) is 45.3 Å². The average Bonchev–Trinajstić information content (AvgIpc) is 2.76. The number of esters is 2. The number of rotatable bonds is 10. The maximum Gasteiger partial charge on any atom is 0.337 e. The van der Waals surface area contributed by atoms with E-state index in [1.165, 1.54) is 32.4 Å². The van der Waals surface area contributed by atoms with Crippen molar-refractivity contribution in [2.45, 2.75) is 19.8 Å². The molecule has 0 bridgehead atoms. The van der Waals surface area contributed by atoms with Gasteiger partial charge in [0.1, 0.15) is 11.5 Å². The fraction of sp³-hybridized carbons (Fsp3) is 0.318. The van der Waals surface area contributed by atoms with E-state index in [1.807, 2.05) is 19.1 Å². The summed E-state index contributed by atoms with van der Waals surface area (Å²) < 4.78 is 20.3. The number of hydrogen-bond donors (Lipinski definition) is 1. The van der Waals surface area contributed by atoms with Crippen LogP contribution in [0.25, 0.3) is 0 Å². The maximum absolute atomic E-state index is 12.2. The van der Waals surface area contributed by atoms with E-state index in [0.717, 1.165) is 5.75 Å². The van der Waals surface area contributed by atoms with E-state index in [-0.39, 0.29) is 23.5 Å². The number of benzene rings is 2. The smallest absolute Gasteiger partial charge is 0.337 e. The van der Waals surface area contributed by atoms with Crippen molar-refractivity contribution in [2.24, 2.45) is 0 Å². The Hall–Kier alpha value is -3.55. The fourth-order valence-corrected chi connectivity index (χ4v) is 2.62. The van der Waals surface area contributed by atoms with Gasteiger partial charge in [-0.3, -0.25) is 4.79 Å². The van der Waals surface area contributed by atoms with Crippen molar-refractivity contribution >= 4 is 23.5 Å². The first-order valence-electron chi connectivity index (χ1n) is 9.44. The Kier molecular flexibility index (Phi) is 8.68. The summed E-state index contributed by atoms with van der Waals surface area (Å²) in [5, 5.41) is 2.67. The predicted octanol–water partition coefficient (Wildman–Crippen LogP) is 3.46. The standard InChI is InChI=1S/C22H25NO7/c1-4-29-18-7-9-19(10-8-18)30-11-5-6-20(24)23-17-13-15(21(25)27-2)12-16(14-17)22(26)28-3/h7-10,12-14H,4-6,11H2,1-3H3,(H,23,24). The van der Waals surface area contributed by atoms with Gasteiger partial charge in [-0.2, -0.15) is 0 Å². The van der Waals surface area contributed by atoms with Crippen LogP contribution in [0.5, 0.6) is 11.5 Å². The van der Waals surface area contributed by atoms with Crippen LogP contribution < -0.4 is 14.8 Å². The highest BCUT2D eigenvalue weighted by atomic mass is 16.5. The van der Waals surface area contributed by atoms with Gasteiger partial charge < -0.3 is 24.3 Å². The van der Waals surface area contributed by atoms with Crippen LogP contribution in [0.1, 0.15) is 40.5 Å². The molecule has 0 radical (unpaired) electrons. The van der Waals surface area contributed by atoms with Crippen LogP contribution in [0.15, 0.2) is 42.5 Å². The lowest BCUT2D eigenvalue weighted by molar-refractivity contribution is -0.116. The first-order chi connectivity index (χ1) is 14.5. The quantitative estimate of drug-likeness (QED) is 0.468. The lowest BCUT2D eigenvalue weighted by Gasteiger charge is -2.10. The molecule has 2 aromatic rings. The van der Waals surface area contributed by atoms with Crippen LogP contribution in [-0.2, 0) is 14.3 Å². The first-order valence-corrected chi connectivity index (χ1v) is 9.44. The molecule has 160 valence electrons. The normalized spacial score (nSPS) is 10.1. The maximum atomic E-state index is 12.2. The van der Waals surface area contributed by atoms with Gasteiger partial charge in [-0.25, -0.2) is 9.59 Å². The molecule has 0 saturated carbocycles. The van der Waals surface area contributed by atoms with Crippen molar-refractivity contribution in [3.8, 4) is 11.5 Å². The largest absolute Gasteiger partial charge is 0.494 e. The molecule has 0 aliphatic rings. The SMILES string of the molecule is CCOc1ccc(OCCCC(=O)Nc2cc(C(=O)OC)cc(C(=O)OC)c2)cc1. The van der Waals surface area contributed by atoms with E-state index in [2.05, 4.69) is 14.8 Å². The molecule has 0 aliphatic carbocycles. The number of nitrogens with one attached hydrogen (secondary N) is 1. The van der Waals surface area contributed by atoms with Gasteiger partial charge in [-0.05, 0) is 55.8 Å². The Balaban J connectivity index is 1.89. The summed E-state index contributed by atoms with van der Waals surface area (Å²) >= 11 is 0. The van der Waals surface area contributed by atoms with Crippen molar-refractivity contribution in [3.05, 3.63) is 53.6 Å². The van der Waals surface area contributed by atoms with Gasteiger partial charge in [-0.1, -0.05) is 0 Å². The molecule has 1 amide bonds. The zero-order valence-corrected chi connectivity index (χ0v) is 17.2. The predicted molar refractivity (Wildman–Crippen MR) is 110 cm³/mol. The second kappa shape index (κ2) is 11.5. The molecular weight excluding hydrogens is 390 g/mol. The third kappa shape index (κ3) is 6.80. The third-order valence-electron chi connectivity index (χ3n) is 4.01. The van der Waals surface area contributed by atoms with E-state index >= 15 is 0 Å². The Morgan fingerprint density at radius 1 is 0.833 bits per heavy atom. The highest BCUT2D eigenvalue weighted by Gasteiger charge is 2.15. The highest BCUT2D eigenvalue weighted by Crippen LogP contribution is 2.19. The summed E-state index contributed by atoms with van der Waals surface area (Å²) in [6.45, 7) is 2.87. The number of amides is 1. The lowest BCUT2D eigenvalue weighted by Crippen LogP contribution is -2.15. The minimum Gasteiger partial charge on any atom is -0.494 e. The number of methoxy groups -OCH3 is 2. The molecule has 2 aromatic carbocycles. The summed E-state index contributed by atoms with van der Waals surface area (Å²) in [6.07, 6.45) is 0.687. The van der Waals surface area contributed by atoms with Crippen LogP contribution in [0.4, 0.5) is 5.69 Å². The van der Waals surface area contributed by atoms with E-state index in [0.29, 0.717) is 31.1 Å². The van der Waals surface area contributed by atoms with Crippen molar-refractivity contribution in [1.29, 1.82) is 0 Å². The zero-order valence-electron chi connectivity index (χ0n) is 17.2. The fourth-order valence-electron chi connectivity index (χ4n) is 2.62. The second-order valence-electron chi connectivity index (χ2n) is 6.19. The average molecular weight is 415 g/mol. The highest BCUT2D eigenvalue weighted by molar-refractivity contribution is 5.99. The lowest BCUT2D eigenvalue weighted by atomic mass is 10.1. The van der Waals surface area contributed by atoms with Crippen molar-refractivity contribution in [1.82, 2.24) is 0 Å². The van der Waals surface area contributed by atoms with E-state index < -0.39 is 11.9 Å². The van der Waals surface area contributed by atoms with Crippen LogP contribution in [0, 0.1) is 0 Å². The first kappa shape index (κ1) is 22.7. The van der Waals surface area contributed by atoms with E-state index in [1.54, 1.807) is 12.1 Å². The van der Waals surface area contributed by atoms with E-state index in [9.17, 15) is 14.4 Å². The van der Waals surface area contributed by atoms with Crippen molar-refractivity contribution < 1.29 is 33.3 Å². The zero-order chi connectivity index (χ0) is 21.9. The molecule has 0 saturated heterocycles. The third-order valence-corrected chi connectivity index (χ3v) is 4.01. The molecule has 0 fully saturated rings. The minimum absolute atomic E-state index is 0.134. The molecule has 1 N–H and O–H groups in total. The molecule has 2 rings (SSSR count). The number of hydrogen-bond acceptors (Lipinski definition) is 7. The second-order valence-corrected chi connectivity index (χ2v) is 6.19. The summed E-state index contributed by atoms with van der Waals surface area (Å²) in [7, 11) is 2.46. The Labute approximate surface area is 175 Å². The van der Waals surface area contributed by atoms with Gasteiger partial charge in [-0.15, -0.1) is 0 Å². The van der Waals surface area contributed by atoms with Crippen LogP contribution in [0.3, 0.4) is 0 Å². The van der Waals surface area contributed by atoms with Gasteiger partial charge in [0.05, 0.1) is 38.6 Å². The molecule has 0 aliphatic heterocycles. The number of carbonyl (C=O) groups excluding carboxylic acids is 3. The number of ether oxygens (including phenoxy) is 4. The number of carbonyl (C=O) groups is 3. The minimum atomic E-state index is -0.625. The molecule has 0 atom stereocenters. The molecule has 0 spiro atoms. The molecule has 8 nitrogen and oxygen atoms in total. The van der Waals surface area contributed by atoms with Gasteiger partial charge in [0.2, 0.25) is 5.91 Å². The summed E-state index contributed by atoms with van der Waals surface area (Å²) in [4.78, 5) is 35.8. The van der Waals surface area contributed by atoms with Gasteiger partial charge >= 0.3 is 11.9 Å². The Bertz CT molecular complexity index is 843. The molecule has 0 aromatic heterocycles. The van der Waals surface area contributed by atoms with Gasteiger partial charge in [0, 0.05) is 12.1 Å². The van der Waals surface area contributed by atoms with Crippen molar-refractivity contribution in [2.75, 3.05) is 32.8 Å². The summed E-state index contributed by atoms with van der Waals surface area (Å²) in [6, 6.07) is 11.5. The number of anilines is 1. The van der Waals surface area contributed by atoms with Gasteiger partial charge in [0.25, 0.3) is 0 Å². The topological polar surface area (TPSA) is 100 Å². The van der Waals surface area contributed by atoms with Crippen molar-refractivity contribution in [3.63, 3.8) is 0 Å². The molecule has 0 heterocycles. The molecule has 30 heavy (non-hydrogen) atoms. The van der Waals surface area contributed by atoms with E-state index in [4.69, 9.17) is 9.47 Å². The Morgan fingerprint density at radius 2 is 1.37 bits per heavy atom. The van der Waals surface area contributed by atoms with Crippen LogP contribution >= 0.6 is 0 Å². The summed E-state index contributed by atoms with van der Waals surface area (Å²) in [5.74, 6) is -0.0692. The van der Waals surface area contributed by atoms with Crippen LogP contribution in [0.2, 0.25) is 0 Å². The molecule has 8 heteroatoms.